The zero-order valence-corrected chi connectivity index (χ0v) is 16.4. The lowest BCUT2D eigenvalue weighted by molar-refractivity contribution is 0.0488. The zero-order chi connectivity index (χ0) is 19.7. The molecule has 2 heterocycles. The number of nitrogens with zero attached hydrogens (tertiary/aromatic N) is 1. The van der Waals surface area contributed by atoms with Crippen LogP contribution < -0.4 is 14.2 Å². The highest BCUT2D eigenvalue weighted by atomic mass is 16.5. The van der Waals surface area contributed by atoms with Crippen molar-refractivity contribution in [1.82, 2.24) is 4.90 Å². The fraction of sp³-hybridized carbons (Fsp3) is 0.409. The molecule has 0 bridgehead atoms. The predicted molar refractivity (Wildman–Crippen MR) is 104 cm³/mol. The molecule has 0 N–H and O–H groups in total. The Labute approximate surface area is 165 Å². The highest BCUT2D eigenvalue weighted by Gasteiger charge is 2.65. The summed E-state index contributed by atoms with van der Waals surface area (Å²) < 4.78 is 21.6. The van der Waals surface area contributed by atoms with Crippen LogP contribution in [0, 0.1) is 0 Å². The van der Waals surface area contributed by atoms with Crippen LogP contribution in [0.3, 0.4) is 0 Å². The maximum absolute atomic E-state index is 12.7. The number of hydrogen-bond donors (Lipinski definition) is 0. The topological polar surface area (TPSA) is 57.0 Å². The van der Waals surface area contributed by atoms with Crippen LogP contribution in [0.4, 0.5) is 0 Å². The van der Waals surface area contributed by atoms with E-state index in [1.807, 2.05) is 6.07 Å². The molecule has 28 heavy (non-hydrogen) atoms. The minimum Gasteiger partial charge on any atom is -0.493 e. The molecular formula is C22H25NO5. The van der Waals surface area contributed by atoms with Crippen molar-refractivity contribution in [3.8, 4) is 17.2 Å². The van der Waals surface area contributed by atoms with Gasteiger partial charge in [-0.25, -0.2) is 4.79 Å². The Morgan fingerprint density at radius 2 is 1.75 bits per heavy atom. The van der Waals surface area contributed by atoms with Gasteiger partial charge in [-0.2, -0.15) is 0 Å². The molecule has 6 nitrogen and oxygen atoms in total. The molecule has 0 radical (unpaired) electrons. The molecule has 4 rings (SSSR count). The van der Waals surface area contributed by atoms with Gasteiger partial charge in [-0.15, -0.1) is 0 Å². The van der Waals surface area contributed by atoms with Crippen molar-refractivity contribution >= 4 is 5.97 Å². The van der Waals surface area contributed by atoms with E-state index in [-0.39, 0.29) is 11.6 Å². The van der Waals surface area contributed by atoms with Gasteiger partial charge >= 0.3 is 5.97 Å². The first-order valence-corrected chi connectivity index (χ1v) is 9.45. The van der Waals surface area contributed by atoms with Crippen LogP contribution in [0.5, 0.6) is 17.2 Å². The third-order valence-corrected chi connectivity index (χ3v) is 5.88. The van der Waals surface area contributed by atoms with Crippen LogP contribution in [-0.2, 0) is 10.3 Å². The number of carbonyl (C=O) groups is 1. The van der Waals surface area contributed by atoms with E-state index in [2.05, 4.69) is 29.2 Å². The Morgan fingerprint density at radius 3 is 2.36 bits per heavy atom. The fourth-order valence-corrected chi connectivity index (χ4v) is 4.53. The van der Waals surface area contributed by atoms with Gasteiger partial charge in [-0.05, 0) is 37.1 Å². The van der Waals surface area contributed by atoms with Gasteiger partial charge in [-0.1, -0.05) is 30.3 Å². The van der Waals surface area contributed by atoms with Gasteiger partial charge in [0.2, 0.25) is 5.75 Å². The molecule has 2 aromatic rings. The molecule has 2 aromatic carbocycles. The van der Waals surface area contributed by atoms with Crippen LogP contribution in [0.2, 0.25) is 0 Å². The van der Waals surface area contributed by atoms with Gasteiger partial charge in [0, 0.05) is 0 Å². The average Bonchev–Trinajstić information content (AvgIpc) is 3.13. The lowest BCUT2D eigenvalue weighted by Gasteiger charge is -2.15. The molecule has 2 saturated heterocycles. The number of benzene rings is 2. The van der Waals surface area contributed by atoms with E-state index >= 15 is 0 Å². The van der Waals surface area contributed by atoms with Crippen LogP contribution in [0.25, 0.3) is 0 Å². The van der Waals surface area contributed by atoms with E-state index in [9.17, 15) is 4.79 Å². The molecular weight excluding hydrogens is 358 g/mol. The number of fused-ring (bicyclic) bond motifs is 1. The van der Waals surface area contributed by atoms with Crippen LogP contribution in [-0.4, -0.2) is 51.4 Å². The number of methoxy groups -OCH3 is 3. The number of esters is 1. The second-order valence-electron chi connectivity index (χ2n) is 7.12. The molecule has 3 unspecified atom stereocenters. The van der Waals surface area contributed by atoms with E-state index < -0.39 is 5.97 Å². The summed E-state index contributed by atoms with van der Waals surface area (Å²) in [7, 11) is 4.57. The lowest BCUT2D eigenvalue weighted by Crippen LogP contribution is -2.19. The Hall–Kier alpha value is -2.73. The van der Waals surface area contributed by atoms with Gasteiger partial charge in [0.15, 0.2) is 11.5 Å². The normalized spacial score (nSPS) is 25.0. The third-order valence-electron chi connectivity index (χ3n) is 5.88. The third kappa shape index (κ3) is 2.88. The van der Waals surface area contributed by atoms with Crippen molar-refractivity contribution < 1.29 is 23.7 Å². The highest BCUT2D eigenvalue weighted by molar-refractivity contribution is 5.91. The quantitative estimate of drug-likeness (QED) is 0.540. The molecule has 0 saturated carbocycles. The summed E-state index contributed by atoms with van der Waals surface area (Å²) in [6, 6.07) is 14.0. The molecule has 2 aliphatic rings. The molecule has 0 aliphatic carbocycles. The van der Waals surface area contributed by atoms with Crippen molar-refractivity contribution in [3.63, 3.8) is 0 Å². The second kappa shape index (κ2) is 7.36. The molecule has 0 aromatic heterocycles. The summed E-state index contributed by atoms with van der Waals surface area (Å²) >= 11 is 0. The summed E-state index contributed by atoms with van der Waals surface area (Å²) in [5.41, 5.74) is 1.71. The summed E-state index contributed by atoms with van der Waals surface area (Å²) in [4.78, 5) is 15.1. The maximum Gasteiger partial charge on any atom is 0.338 e. The second-order valence-corrected chi connectivity index (χ2v) is 7.12. The Bertz CT molecular complexity index is 843. The molecule has 148 valence electrons. The zero-order valence-electron chi connectivity index (χ0n) is 16.4. The van der Waals surface area contributed by atoms with Crippen molar-refractivity contribution in [3.05, 3.63) is 53.6 Å². The minimum absolute atomic E-state index is 0.0246. The monoisotopic (exact) mass is 383 g/mol. The minimum atomic E-state index is -0.395. The summed E-state index contributed by atoms with van der Waals surface area (Å²) in [5, 5.41) is 0. The first kappa shape index (κ1) is 18.6. The SMILES string of the molecule is COc1cc(C(=O)OCC2N3CCCC23c2ccccc2)cc(OC)c1OC. The number of hydrogen-bond acceptors (Lipinski definition) is 6. The largest absolute Gasteiger partial charge is 0.493 e. The first-order chi connectivity index (χ1) is 13.7. The average molecular weight is 383 g/mol. The van der Waals surface area contributed by atoms with E-state index in [1.165, 1.54) is 33.3 Å². The molecule has 2 fully saturated rings. The fourth-order valence-electron chi connectivity index (χ4n) is 4.53. The lowest BCUT2D eigenvalue weighted by atomic mass is 9.91. The smallest absolute Gasteiger partial charge is 0.338 e. The van der Waals surface area contributed by atoms with Gasteiger partial charge in [-0.3, -0.25) is 4.90 Å². The molecule has 2 aliphatic heterocycles. The van der Waals surface area contributed by atoms with Gasteiger partial charge in [0.1, 0.15) is 6.61 Å². The van der Waals surface area contributed by atoms with E-state index in [1.54, 1.807) is 12.1 Å². The van der Waals surface area contributed by atoms with Crippen molar-refractivity contribution in [2.45, 2.75) is 24.4 Å². The number of ether oxygens (including phenoxy) is 4. The molecule has 0 amide bonds. The summed E-state index contributed by atoms with van der Waals surface area (Å²) in [6.45, 7) is 1.41. The number of carbonyl (C=O) groups excluding carboxylic acids is 1. The van der Waals surface area contributed by atoms with E-state index in [4.69, 9.17) is 18.9 Å². The van der Waals surface area contributed by atoms with Crippen molar-refractivity contribution in [2.75, 3.05) is 34.5 Å². The van der Waals surface area contributed by atoms with E-state index in [0.29, 0.717) is 29.4 Å². The highest BCUT2D eigenvalue weighted by Crippen LogP contribution is 2.57. The number of piperidine rings is 1. The van der Waals surface area contributed by atoms with Gasteiger partial charge in [0.25, 0.3) is 0 Å². The van der Waals surface area contributed by atoms with E-state index in [0.717, 1.165) is 13.0 Å². The summed E-state index contributed by atoms with van der Waals surface area (Å²) in [6.07, 6.45) is 2.27. The Morgan fingerprint density at radius 1 is 1.07 bits per heavy atom. The van der Waals surface area contributed by atoms with Gasteiger partial charge < -0.3 is 18.9 Å². The first-order valence-electron chi connectivity index (χ1n) is 9.45. The summed E-state index contributed by atoms with van der Waals surface area (Å²) in [5.74, 6) is 0.921. The molecule has 6 heteroatoms. The standard InChI is InChI=1S/C22H25NO5/c1-25-17-12-15(13-18(26-2)20(17)27-3)21(24)28-14-19-22(10-7-11-23(19)22)16-8-5-4-6-9-16/h4-6,8-9,12-13,19H,7,10-11,14H2,1-3H3. The van der Waals surface area contributed by atoms with Gasteiger partial charge in [0.05, 0.1) is 38.5 Å². The van der Waals surface area contributed by atoms with Crippen LogP contribution in [0.1, 0.15) is 28.8 Å². The Balaban J connectivity index is 1.48. The molecule has 0 spiro atoms. The van der Waals surface area contributed by atoms with Crippen molar-refractivity contribution in [2.24, 2.45) is 0 Å². The molecule has 3 atom stereocenters. The predicted octanol–water partition coefficient (Wildman–Crippen LogP) is 3.24. The van der Waals surface area contributed by atoms with Crippen molar-refractivity contribution in [1.29, 1.82) is 0 Å². The van der Waals surface area contributed by atoms with Crippen LogP contribution in [0.15, 0.2) is 42.5 Å². The Kier molecular flexibility index (Phi) is 4.89. The maximum atomic E-state index is 12.7. The van der Waals surface area contributed by atoms with Crippen LogP contribution >= 0.6 is 0 Å². The number of rotatable bonds is 7.